The minimum absolute atomic E-state index is 0.721. The quantitative estimate of drug-likeness (QED) is 0.555. The van der Waals surface area contributed by atoms with Gasteiger partial charge in [0.2, 0.25) is 0 Å². The minimum Gasteiger partial charge on any atom is -0.301 e. The Labute approximate surface area is 61.2 Å². The average molecular weight is 156 g/mol. The van der Waals surface area contributed by atoms with Crippen molar-refractivity contribution < 1.29 is 4.21 Å². The van der Waals surface area contributed by atoms with Crippen LogP contribution in [0.5, 0.6) is 0 Å². The smallest absolute Gasteiger partial charge is 0.115 e. The lowest BCUT2D eigenvalue weighted by Crippen LogP contribution is -1.91. The van der Waals surface area contributed by atoms with Crippen molar-refractivity contribution in [3.05, 3.63) is 30.3 Å². The monoisotopic (exact) mass is 156 g/mol. The first kappa shape index (κ1) is 7.08. The maximum Gasteiger partial charge on any atom is 0.115 e. The number of thiol groups is 1. The first-order valence-electron chi connectivity index (χ1n) is 2.79. The highest BCUT2D eigenvalue weighted by Gasteiger charge is 1.83. The van der Waals surface area contributed by atoms with E-state index in [9.17, 15) is 4.21 Å². The van der Waals surface area contributed by atoms with Crippen LogP contribution >= 0.6 is 0 Å². The summed E-state index contributed by atoms with van der Waals surface area (Å²) in [4.78, 5) is 0. The number of benzene rings is 1. The molecular weight excluding hydrogens is 148 g/mol. The summed E-state index contributed by atoms with van der Waals surface area (Å²) in [5.74, 6) is 0. The van der Waals surface area contributed by atoms with Gasteiger partial charge in [-0.15, -0.1) is 0 Å². The van der Waals surface area contributed by atoms with Crippen LogP contribution in [0.15, 0.2) is 30.3 Å². The van der Waals surface area contributed by atoms with Gasteiger partial charge in [0.15, 0.2) is 0 Å². The van der Waals surface area contributed by atoms with Crippen LogP contribution in [-0.2, 0) is 10.8 Å². The van der Waals surface area contributed by atoms with E-state index in [1.54, 1.807) is 12.1 Å². The summed E-state index contributed by atoms with van der Waals surface area (Å²) in [5.41, 5.74) is 0.721. The summed E-state index contributed by atoms with van der Waals surface area (Å²) in [5, 5.41) is 0. The summed E-state index contributed by atoms with van der Waals surface area (Å²) in [6.45, 7) is 0. The molecule has 0 fully saturated rings. The SMILES string of the molecule is N=[SH](=O)Nc1ccccc1. The van der Waals surface area contributed by atoms with Crippen molar-refractivity contribution in [3.8, 4) is 0 Å². The Morgan fingerprint density at radius 3 is 2.40 bits per heavy atom. The number of nitrogens with one attached hydrogen (secondary N) is 2. The molecule has 0 aliphatic carbocycles. The Bertz CT molecular complexity index is 260. The van der Waals surface area contributed by atoms with Gasteiger partial charge in [-0.05, 0) is 12.1 Å². The zero-order valence-electron chi connectivity index (χ0n) is 5.24. The van der Waals surface area contributed by atoms with Crippen molar-refractivity contribution in [2.45, 2.75) is 0 Å². The van der Waals surface area contributed by atoms with Gasteiger partial charge >= 0.3 is 0 Å². The van der Waals surface area contributed by atoms with Crippen LogP contribution in [0.4, 0.5) is 5.69 Å². The highest BCUT2D eigenvalue weighted by atomic mass is 32.2. The van der Waals surface area contributed by atoms with Crippen LogP contribution < -0.4 is 4.72 Å². The molecule has 0 radical (unpaired) electrons. The fraction of sp³-hybridized carbons (Fsp3) is 0. The molecule has 3 nitrogen and oxygen atoms in total. The topological polar surface area (TPSA) is 53.0 Å². The molecule has 0 aliphatic heterocycles. The van der Waals surface area contributed by atoms with E-state index in [4.69, 9.17) is 4.78 Å². The van der Waals surface area contributed by atoms with Gasteiger partial charge in [0, 0.05) is 5.69 Å². The summed E-state index contributed by atoms with van der Waals surface area (Å²) in [6.07, 6.45) is 0. The van der Waals surface area contributed by atoms with E-state index in [0.717, 1.165) is 5.69 Å². The van der Waals surface area contributed by atoms with Crippen molar-refractivity contribution in [2.24, 2.45) is 0 Å². The highest BCUT2D eigenvalue weighted by molar-refractivity contribution is 7.75. The molecule has 0 bridgehead atoms. The molecule has 10 heavy (non-hydrogen) atoms. The van der Waals surface area contributed by atoms with Gasteiger partial charge in [0.25, 0.3) is 0 Å². The van der Waals surface area contributed by atoms with E-state index in [-0.39, 0.29) is 0 Å². The van der Waals surface area contributed by atoms with Gasteiger partial charge in [-0.1, -0.05) is 18.2 Å². The van der Waals surface area contributed by atoms with Gasteiger partial charge in [-0.25, -0.2) is 8.99 Å². The van der Waals surface area contributed by atoms with Gasteiger partial charge in [0.1, 0.15) is 10.8 Å². The van der Waals surface area contributed by atoms with Crippen molar-refractivity contribution in [2.75, 3.05) is 4.72 Å². The predicted molar refractivity (Wildman–Crippen MR) is 42.3 cm³/mol. The lowest BCUT2D eigenvalue weighted by atomic mass is 10.3. The number of anilines is 1. The molecule has 1 atom stereocenters. The van der Waals surface area contributed by atoms with Gasteiger partial charge in [-0.3, -0.25) is 0 Å². The second kappa shape index (κ2) is 3.22. The zero-order valence-corrected chi connectivity index (χ0v) is 6.14. The molecular formula is C6H8N2OS. The minimum atomic E-state index is -2.03. The molecule has 1 unspecified atom stereocenters. The number of hydrogen-bond donors (Lipinski definition) is 3. The molecule has 0 heterocycles. The zero-order chi connectivity index (χ0) is 7.40. The molecule has 0 aliphatic rings. The second-order valence-electron chi connectivity index (χ2n) is 1.77. The highest BCUT2D eigenvalue weighted by Crippen LogP contribution is 2.03. The molecule has 1 rings (SSSR count). The average Bonchev–Trinajstić information content (AvgIpc) is 1.88. The van der Waals surface area contributed by atoms with Gasteiger partial charge in [-0.2, -0.15) is 0 Å². The number of rotatable bonds is 2. The third-order valence-corrected chi connectivity index (χ3v) is 1.47. The van der Waals surface area contributed by atoms with Crippen molar-refractivity contribution >= 4 is 16.5 Å². The van der Waals surface area contributed by atoms with Crippen LogP contribution in [0.25, 0.3) is 0 Å². The Hall–Kier alpha value is -1.03. The molecule has 0 aromatic heterocycles. The lowest BCUT2D eigenvalue weighted by Gasteiger charge is -1.95. The van der Waals surface area contributed by atoms with E-state index in [1.807, 2.05) is 18.2 Å². The summed E-state index contributed by atoms with van der Waals surface area (Å²) < 4.78 is 19.5. The van der Waals surface area contributed by atoms with Crippen LogP contribution in [0, 0.1) is 4.78 Å². The standard InChI is InChI=1S/C6H8N2OS/c7-10(9)8-6-4-2-1-3-5-6/h1-5,10H,(H2,7,8,9). The van der Waals surface area contributed by atoms with Crippen LogP contribution in [0.3, 0.4) is 0 Å². The Morgan fingerprint density at radius 2 is 1.90 bits per heavy atom. The van der Waals surface area contributed by atoms with Crippen LogP contribution in [0.1, 0.15) is 0 Å². The van der Waals surface area contributed by atoms with Gasteiger partial charge < -0.3 is 4.72 Å². The fourth-order valence-corrected chi connectivity index (χ4v) is 1.01. The third-order valence-electron chi connectivity index (χ3n) is 1.00. The first-order valence-corrected chi connectivity index (χ1v) is 4.05. The maximum absolute atomic E-state index is 10.3. The Morgan fingerprint density at radius 1 is 1.30 bits per heavy atom. The van der Waals surface area contributed by atoms with Gasteiger partial charge in [0.05, 0.1) is 0 Å². The first-order chi connectivity index (χ1) is 4.79. The third kappa shape index (κ3) is 2.06. The van der Waals surface area contributed by atoms with Crippen molar-refractivity contribution in [1.82, 2.24) is 0 Å². The summed E-state index contributed by atoms with van der Waals surface area (Å²) in [6, 6.07) is 9.04. The largest absolute Gasteiger partial charge is 0.301 e. The van der Waals surface area contributed by atoms with Crippen molar-refractivity contribution in [3.63, 3.8) is 0 Å². The van der Waals surface area contributed by atoms with Crippen molar-refractivity contribution in [1.29, 1.82) is 4.78 Å². The molecule has 0 amide bonds. The molecule has 4 heteroatoms. The predicted octanol–water partition coefficient (Wildman–Crippen LogP) is 1.26. The molecule has 0 saturated heterocycles. The lowest BCUT2D eigenvalue weighted by molar-refractivity contribution is 0.690. The molecule has 0 spiro atoms. The fourth-order valence-electron chi connectivity index (χ4n) is 0.630. The summed E-state index contributed by atoms with van der Waals surface area (Å²) >= 11 is 0. The van der Waals surface area contributed by atoms with E-state index >= 15 is 0 Å². The van der Waals surface area contributed by atoms with E-state index in [1.165, 1.54) is 0 Å². The van der Waals surface area contributed by atoms with Crippen LogP contribution in [0.2, 0.25) is 0 Å². The van der Waals surface area contributed by atoms with E-state index in [2.05, 4.69) is 4.72 Å². The Balaban J connectivity index is 2.77. The molecule has 1 aromatic carbocycles. The molecule has 54 valence electrons. The molecule has 0 saturated carbocycles. The summed E-state index contributed by atoms with van der Waals surface area (Å²) in [7, 11) is -2.03. The second-order valence-corrected chi connectivity index (χ2v) is 2.58. The molecule has 1 aromatic rings. The number of para-hydroxylation sites is 1. The van der Waals surface area contributed by atoms with E-state index < -0.39 is 10.8 Å². The Kier molecular flexibility index (Phi) is 2.28. The number of hydrogen-bond acceptors (Lipinski definition) is 2. The van der Waals surface area contributed by atoms with E-state index in [0.29, 0.717) is 0 Å². The maximum atomic E-state index is 10.3. The van der Waals surface area contributed by atoms with Crippen LogP contribution in [-0.4, -0.2) is 4.21 Å². The normalized spacial score (nSPS) is 12.4. The molecule has 2 N–H and O–H groups in total.